The molecule has 2 unspecified atom stereocenters. The third-order valence-corrected chi connectivity index (χ3v) is 5.21. The molecule has 3 rings (SSSR count). The number of alkyl halides is 1. The van der Waals surface area contributed by atoms with Gasteiger partial charge in [-0.15, -0.1) is 0 Å². The highest BCUT2D eigenvalue weighted by Gasteiger charge is 2.28. The fraction of sp³-hybridized carbons (Fsp3) is 0.522. The van der Waals surface area contributed by atoms with Gasteiger partial charge in [-0.05, 0) is 76.1 Å². The van der Waals surface area contributed by atoms with Crippen LogP contribution < -0.4 is 5.32 Å². The summed E-state index contributed by atoms with van der Waals surface area (Å²) in [6.45, 7) is 5.60. The molecule has 1 aliphatic heterocycles. The number of ether oxygens (including phenoxy) is 1. The van der Waals surface area contributed by atoms with E-state index in [-0.39, 0.29) is 11.5 Å². The van der Waals surface area contributed by atoms with Crippen LogP contribution in [0.25, 0.3) is 0 Å². The highest BCUT2D eigenvalue weighted by atomic mass is 19.1. The van der Waals surface area contributed by atoms with Gasteiger partial charge in [0.15, 0.2) is 0 Å². The molecule has 0 bridgehead atoms. The lowest BCUT2D eigenvalue weighted by atomic mass is 9.88. The highest BCUT2D eigenvalue weighted by Crippen LogP contribution is 2.28. The summed E-state index contributed by atoms with van der Waals surface area (Å²) in [4.78, 5) is 12.4. The maximum absolute atomic E-state index is 13.8. The third-order valence-electron chi connectivity index (χ3n) is 5.21. The number of carbonyl (C=O) groups is 1. The Morgan fingerprint density at radius 2 is 2.04 bits per heavy atom. The smallest absolute Gasteiger partial charge is 0.251 e. The summed E-state index contributed by atoms with van der Waals surface area (Å²) in [5.74, 6) is 6.31. The number of amides is 1. The Morgan fingerprint density at radius 3 is 2.74 bits per heavy atom. The monoisotopic (exact) mass is 369 g/mol. The lowest BCUT2D eigenvalue weighted by molar-refractivity contribution is -0.0715. The van der Waals surface area contributed by atoms with E-state index < -0.39 is 6.17 Å². The van der Waals surface area contributed by atoms with Gasteiger partial charge in [0.2, 0.25) is 0 Å². The molecule has 3 nitrogen and oxygen atoms in total. The second-order valence-electron chi connectivity index (χ2n) is 8.06. The molecule has 1 aromatic rings. The van der Waals surface area contributed by atoms with E-state index in [1.807, 2.05) is 18.2 Å². The summed E-state index contributed by atoms with van der Waals surface area (Å²) in [6.07, 6.45) is 5.22. The van der Waals surface area contributed by atoms with E-state index in [2.05, 4.69) is 31.0 Å². The first kappa shape index (κ1) is 19.6. The zero-order chi connectivity index (χ0) is 19.3. The summed E-state index contributed by atoms with van der Waals surface area (Å²) >= 11 is 0. The first-order valence-corrected chi connectivity index (χ1v) is 9.81. The molecule has 1 N–H and O–H groups in total. The van der Waals surface area contributed by atoms with Gasteiger partial charge in [0, 0.05) is 29.9 Å². The first-order chi connectivity index (χ1) is 12.9. The predicted molar refractivity (Wildman–Crippen MR) is 105 cm³/mol. The van der Waals surface area contributed by atoms with Crippen molar-refractivity contribution in [2.75, 3.05) is 13.2 Å². The summed E-state index contributed by atoms with van der Waals surface area (Å²) in [5, 5.41) is 3.03. The van der Waals surface area contributed by atoms with Gasteiger partial charge in [0.25, 0.3) is 5.91 Å². The first-order valence-electron chi connectivity index (χ1n) is 9.81. The predicted octanol–water partition coefficient (Wildman–Crippen LogP) is 4.42. The quantitative estimate of drug-likeness (QED) is 0.801. The minimum Gasteiger partial charge on any atom is -0.376 e. The van der Waals surface area contributed by atoms with Crippen LogP contribution in [0.3, 0.4) is 0 Å². The fourth-order valence-corrected chi connectivity index (χ4v) is 3.69. The molecule has 0 saturated carbocycles. The molecule has 0 aromatic heterocycles. The fourth-order valence-electron chi connectivity index (χ4n) is 3.69. The van der Waals surface area contributed by atoms with Crippen LogP contribution in [0.4, 0.5) is 4.39 Å². The van der Waals surface area contributed by atoms with Crippen LogP contribution >= 0.6 is 0 Å². The third kappa shape index (κ3) is 5.68. The van der Waals surface area contributed by atoms with Crippen LogP contribution in [-0.2, 0) is 4.74 Å². The van der Waals surface area contributed by atoms with Gasteiger partial charge in [-0.2, -0.15) is 0 Å². The summed E-state index contributed by atoms with van der Waals surface area (Å²) in [6, 6.07) is 7.18. The SMILES string of the molecule is CC1(C)CC(CNC(=O)c2ccc(C#CC3=CCCCC3F)cc2)CCO1. The molecule has 1 saturated heterocycles. The minimum atomic E-state index is -0.938. The number of benzene rings is 1. The van der Waals surface area contributed by atoms with Crippen molar-refractivity contribution in [3.8, 4) is 11.8 Å². The second-order valence-corrected chi connectivity index (χ2v) is 8.06. The van der Waals surface area contributed by atoms with Gasteiger partial charge < -0.3 is 10.1 Å². The number of nitrogens with one attached hydrogen (secondary N) is 1. The Bertz CT molecular complexity index is 755. The largest absolute Gasteiger partial charge is 0.376 e. The Kier molecular flexibility index (Phi) is 6.34. The van der Waals surface area contributed by atoms with E-state index in [0.717, 1.165) is 37.9 Å². The summed E-state index contributed by atoms with van der Waals surface area (Å²) in [7, 11) is 0. The molecule has 27 heavy (non-hydrogen) atoms. The van der Waals surface area contributed by atoms with Gasteiger partial charge >= 0.3 is 0 Å². The van der Waals surface area contributed by atoms with E-state index in [4.69, 9.17) is 4.74 Å². The highest BCUT2D eigenvalue weighted by molar-refractivity contribution is 5.94. The summed E-state index contributed by atoms with van der Waals surface area (Å²) in [5.41, 5.74) is 1.88. The van der Waals surface area contributed by atoms with Gasteiger partial charge in [0.1, 0.15) is 6.17 Å². The van der Waals surface area contributed by atoms with Crippen molar-refractivity contribution in [3.05, 3.63) is 47.0 Å². The molecule has 2 atom stereocenters. The molecule has 1 amide bonds. The van der Waals surface area contributed by atoms with E-state index in [1.165, 1.54) is 0 Å². The molecule has 1 heterocycles. The molecule has 1 aliphatic carbocycles. The number of halogens is 1. The van der Waals surface area contributed by atoms with Gasteiger partial charge in [0.05, 0.1) is 5.60 Å². The second kappa shape index (κ2) is 8.71. The molecule has 0 spiro atoms. The Balaban J connectivity index is 1.54. The molecule has 0 radical (unpaired) electrons. The van der Waals surface area contributed by atoms with Crippen molar-refractivity contribution in [2.45, 2.75) is 57.7 Å². The standard InChI is InChI=1S/C23H28FNO2/c1-23(2)15-18(13-14-27-23)16-25-22(26)20-11-8-17(9-12-20)7-10-19-5-3-4-6-21(19)24/h5,8-9,11-12,18,21H,3-4,6,13-16H2,1-2H3,(H,25,26). The van der Waals surface area contributed by atoms with Crippen molar-refractivity contribution < 1.29 is 13.9 Å². The van der Waals surface area contributed by atoms with E-state index >= 15 is 0 Å². The number of carbonyl (C=O) groups excluding carboxylic acids is 1. The van der Waals surface area contributed by atoms with E-state index in [0.29, 0.717) is 30.0 Å². The van der Waals surface area contributed by atoms with Crippen LogP contribution in [0.1, 0.15) is 61.9 Å². The Labute approximate surface area is 161 Å². The van der Waals surface area contributed by atoms with E-state index in [9.17, 15) is 9.18 Å². The van der Waals surface area contributed by atoms with Gasteiger partial charge in [-0.3, -0.25) is 4.79 Å². The average molecular weight is 369 g/mol. The van der Waals surface area contributed by atoms with Crippen molar-refractivity contribution in [1.82, 2.24) is 5.32 Å². The van der Waals surface area contributed by atoms with E-state index in [1.54, 1.807) is 12.1 Å². The number of rotatable bonds is 3. The molecular formula is C23H28FNO2. The number of allylic oxidation sites excluding steroid dienone is 2. The number of hydrogen-bond acceptors (Lipinski definition) is 2. The summed E-state index contributed by atoms with van der Waals surface area (Å²) < 4.78 is 19.5. The maximum Gasteiger partial charge on any atom is 0.251 e. The van der Waals surface area contributed by atoms with Crippen molar-refractivity contribution in [3.63, 3.8) is 0 Å². The maximum atomic E-state index is 13.8. The molecule has 4 heteroatoms. The van der Waals surface area contributed by atoms with Crippen molar-refractivity contribution in [2.24, 2.45) is 5.92 Å². The minimum absolute atomic E-state index is 0.0716. The van der Waals surface area contributed by atoms with Crippen LogP contribution in [-0.4, -0.2) is 30.8 Å². The Hall–Kier alpha value is -2.12. The average Bonchev–Trinajstić information content (AvgIpc) is 2.65. The molecular weight excluding hydrogens is 341 g/mol. The normalized spacial score (nSPS) is 24.3. The zero-order valence-corrected chi connectivity index (χ0v) is 16.2. The Morgan fingerprint density at radius 1 is 1.26 bits per heavy atom. The molecule has 144 valence electrons. The van der Waals surface area contributed by atoms with Crippen LogP contribution in [0.2, 0.25) is 0 Å². The van der Waals surface area contributed by atoms with Crippen molar-refractivity contribution in [1.29, 1.82) is 0 Å². The van der Waals surface area contributed by atoms with Crippen LogP contribution in [0.5, 0.6) is 0 Å². The molecule has 2 aliphatic rings. The van der Waals surface area contributed by atoms with Gasteiger partial charge in [-0.1, -0.05) is 17.9 Å². The number of hydrogen-bond donors (Lipinski definition) is 1. The topological polar surface area (TPSA) is 38.3 Å². The molecule has 1 fully saturated rings. The van der Waals surface area contributed by atoms with Crippen LogP contribution in [0.15, 0.2) is 35.9 Å². The molecule has 1 aromatic carbocycles. The van der Waals surface area contributed by atoms with Crippen LogP contribution in [0, 0.1) is 17.8 Å². The lowest BCUT2D eigenvalue weighted by Gasteiger charge is -2.35. The zero-order valence-electron chi connectivity index (χ0n) is 16.2. The van der Waals surface area contributed by atoms with Gasteiger partial charge in [-0.25, -0.2) is 4.39 Å². The lowest BCUT2D eigenvalue weighted by Crippen LogP contribution is -2.39. The van der Waals surface area contributed by atoms with Crippen molar-refractivity contribution >= 4 is 5.91 Å².